The fourth-order valence-corrected chi connectivity index (χ4v) is 2.51. The van der Waals surface area contributed by atoms with E-state index in [0.717, 1.165) is 11.1 Å². The van der Waals surface area contributed by atoms with Crippen molar-refractivity contribution >= 4 is 22.7 Å². The van der Waals surface area contributed by atoms with Crippen molar-refractivity contribution in [1.82, 2.24) is 20.3 Å². The zero-order chi connectivity index (χ0) is 16.7. The number of fused-ring (bicyclic) bond motifs is 1. The van der Waals surface area contributed by atoms with E-state index in [1.807, 2.05) is 13.0 Å². The molecule has 0 aliphatic heterocycles. The van der Waals surface area contributed by atoms with Gasteiger partial charge >= 0.3 is 0 Å². The zero-order valence-electron chi connectivity index (χ0n) is 12.8. The molecule has 0 spiro atoms. The summed E-state index contributed by atoms with van der Waals surface area (Å²) in [6.45, 7) is 1.84. The van der Waals surface area contributed by atoms with E-state index in [1.165, 1.54) is 0 Å². The van der Waals surface area contributed by atoms with E-state index in [2.05, 4.69) is 20.3 Å². The molecule has 0 fully saturated rings. The van der Waals surface area contributed by atoms with Gasteiger partial charge in [0.2, 0.25) is 5.89 Å². The smallest absolute Gasteiger partial charge is 0.257 e. The zero-order valence-corrected chi connectivity index (χ0v) is 13.5. The molecule has 0 N–H and O–H groups in total. The first-order chi connectivity index (χ1) is 11.7. The van der Waals surface area contributed by atoms with Crippen molar-refractivity contribution in [3.8, 4) is 28.7 Å². The largest absolute Gasteiger partial charge is 0.496 e. The van der Waals surface area contributed by atoms with Crippen molar-refractivity contribution in [1.29, 1.82) is 0 Å². The Morgan fingerprint density at radius 3 is 2.79 bits per heavy atom. The van der Waals surface area contributed by atoms with Gasteiger partial charge in [-0.2, -0.15) is 0 Å². The number of nitrogens with zero attached hydrogens (tertiary/aromatic N) is 4. The maximum absolute atomic E-state index is 5.97. The summed E-state index contributed by atoms with van der Waals surface area (Å²) in [5.41, 5.74) is 2.56. The van der Waals surface area contributed by atoms with Crippen LogP contribution >= 0.6 is 11.6 Å². The SMILES string of the molecule is COc1cc(Cl)ccc1-c1nnc(-c2cnc3onc(C)c3c2)o1. The van der Waals surface area contributed by atoms with Gasteiger partial charge in [-0.05, 0) is 31.2 Å². The molecule has 0 radical (unpaired) electrons. The lowest BCUT2D eigenvalue weighted by molar-refractivity contribution is 0.414. The summed E-state index contributed by atoms with van der Waals surface area (Å²) in [6.07, 6.45) is 1.60. The normalized spacial score (nSPS) is 11.1. The van der Waals surface area contributed by atoms with Crippen LogP contribution < -0.4 is 4.74 Å². The van der Waals surface area contributed by atoms with Crippen LogP contribution in [-0.4, -0.2) is 27.4 Å². The number of halogens is 1. The van der Waals surface area contributed by atoms with Crippen LogP contribution in [0.1, 0.15) is 5.69 Å². The molecule has 24 heavy (non-hydrogen) atoms. The molecule has 0 saturated carbocycles. The first-order valence-corrected chi connectivity index (χ1v) is 7.43. The molecule has 0 aliphatic carbocycles. The first-order valence-electron chi connectivity index (χ1n) is 7.05. The van der Waals surface area contributed by atoms with E-state index in [4.69, 9.17) is 25.3 Å². The Morgan fingerprint density at radius 2 is 1.96 bits per heavy atom. The Bertz CT molecular complexity index is 1040. The minimum Gasteiger partial charge on any atom is -0.496 e. The molecule has 7 nitrogen and oxygen atoms in total. The maximum Gasteiger partial charge on any atom is 0.257 e. The number of ether oxygens (including phenoxy) is 1. The summed E-state index contributed by atoms with van der Waals surface area (Å²) in [4.78, 5) is 4.21. The highest BCUT2D eigenvalue weighted by Crippen LogP contribution is 2.33. The highest BCUT2D eigenvalue weighted by Gasteiger charge is 2.16. The molecule has 0 unspecified atom stereocenters. The third-order valence-electron chi connectivity index (χ3n) is 3.58. The summed E-state index contributed by atoms with van der Waals surface area (Å²) >= 11 is 5.97. The van der Waals surface area contributed by atoms with Crippen molar-refractivity contribution in [2.75, 3.05) is 7.11 Å². The third-order valence-corrected chi connectivity index (χ3v) is 3.81. The summed E-state index contributed by atoms with van der Waals surface area (Å²) in [5.74, 6) is 1.24. The molecular weight excluding hydrogens is 332 g/mol. The maximum atomic E-state index is 5.97. The van der Waals surface area contributed by atoms with Gasteiger partial charge in [0.1, 0.15) is 5.75 Å². The fourth-order valence-electron chi connectivity index (χ4n) is 2.35. The molecular formula is C16H11ClN4O3. The Labute approximate surface area is 141 Å². The number of aromatic nitrogens is 4. The van der Waals surface area contributed by atoms with Crippen molar-refractivity contribution < 1.29 is 13.7 Å². The minimum atomic E-state index is 0.334. The molecule has 0 saturated heterocycles. The quantitative estimate of drug-likeness (QED) is 0.557. The Morgan fingerprint density at radius 1 is 1.12 bits per heavy atom. The van der Waals surface area contributed by atoms with Crippen molar-refractivity contribution in [3.05, 3.63) is 41.2 Å². The van der Waals surface area contributed by atoms with Gasteiger partial charge in [-0.15, -0.1) is 10.2 Å². The number of benzene rings is 1. The van der Waals surface area contributed by atoms with Gasteiger partial charge in [0.15, 0.2) is 0 Å². The van der Waals surface area contributed by atoms with Crippen LogP contribution in [0.2, 0.25) is 5.02 Å². The molecule has 8 heteroatoms. The lowest BCUT2D eigenvalue weighted by Gasteiger charge is -2.04. The topological polar surface area (TPSA) is 87.1 Å². The van der Waals surface area contributed by atoms with Gasteiger partial charge in [-0.25, -0.2) is 4.98 Å². The number of aryl methyl sites for hydroxylation is 1. The first kappa shape index (κ1) is 14.6. The van der Waals surface area contributed by atoms with Crippen LogP contribution in [0.3, 0.4) is 0 Å². The van der Waals surface area contributed by atoms with E-state index in [0.29, 0.717) is 39.4 Å². The van der Waals surface area contributed by atoms with Crippen LogP contribution in [0.25, 0.3) is 34.0 Å². The Hall–Kier alpha value is -2.93. The second-order valence-corrected chi connectivity index (χ2v) is 5.54. The van der Waals surface area contributed by atoms with Crippen LogP contribution in [0, 0.1) is 6.92 Å². The van der Waals surface area contributed by atoms with Crippen LogP contribution in [0.4, 0.5) is 0 Å². The second kappa shape index (κ2) is 5.61. The molecule has 0 bridgehead atoms. The van der Waals surface area contributed by atoms with Crippen molar-refractivity contribution in [3.63, 3.8) is 0 Å². The molecule has 0 atom stereocenters. The summed E-state index contributed by atoms with van der Waals surface area (Å²) in [7, 11) is 1.55. The molecule has 0 aliphatic rings. The van der Waals surface area contributed by atoms with E-state index in [1.54, 1.807) is 31.5 Å². The number of rotatable bonds is 3. The molecule has 120 valence electrons. The molecule has 3 heterocycles. The minimum absolute atomic E-state index is 0.334. The van der Waals surface area contributed by atoms with Crippen molar-refractivity contribution in [2.45, 2.75) is 6.92 Å². The molecule has 0 amide bonds. The predicted molar refractivity (Wildman–Crippen MR) is 86.8 cm³/mol. The lowest BCUT2D eigenvalue weighted by Crippen LogP contribution is -1.87. The monoisotopic (exact) mass is 342 g/mol. The van der Waals surface area contributed by atoms with Gasteiger partial charge in [0, 0.05) is 11.2 Å². The van der Waals surface area contributed by atoms with E-state index in [-0.39, 0.29) is 0 Å². The van der Waals surface area contributed by atoms with Gasteiger partial charge < -0.3 is 13.7 Å². The number of pyridine rings is 1. The van der Waals surface area contributed by atoms with E-state index < -0.39 is 0 Å². The average Bonchev–Trinajstić information content (AvgIpc) is 3.22. The fraction of sp³-hybridized carbons (Fsp3) is 0.125. The third kappa shape index (κ3) is 2.39. The molecule has 1 aromatic carbocycles. The standard InChI is InChI=1S/C16H11ClN4O3/c1-8-12-5-9(7-18-15(12)24-21-8)14-19-20-16(23-14)11-4-3-10(17)6-13(11)22-2/h3-7H,1-2H3. The predicted octanol–water partition coefficient (Wildman–Crippen LogP) is 3.91. The Kier molecular flexibility index (Phi) is 3.42. The van der Waals surface area contributed by atoms with Gasteiger partial charge in [0.05, 0.1) is 29.3 Å². The van der Waals surface area contributed by atoms with Gasteiger partial charge in [0.25, 0.3) is 11.6 Å². The van der Waals surface area contributed by atoms with Crippen molar-refractivity contribution in [2.24, 2.45) is 0 Å². The van der Waals surface area contributed by atoms with Crippen LogP contribution in [0.15, 0.2) is 39.4 Å². The second-order valence-electron chi connectivity index (χ2n) is 5.10. The summed E-state index contributed by atoms with van der Waals surface area (Å²) < 4.78 is 16.2. The van der Waals surface area contributed by atoms with Crippen LogP contribution in [-0.2, 0) is 0 Å². The number of hydrogen-bond acceptors (Lipinski definition) is 7. The van der Waals surface area contributed by atoms with Gasteiger partial charge in [-0.1, -0.05) is 16.8 Å². The summed E-state index contributed by atoms with van der Waals surface area (Å²) in [5, 5.41) is 13.4. The summed E-state index contributed by atoms with van der Waals surface area (Å²) in [6, 6.07) is 7.04. The number of hydrogen-bond donors (Lipinski definition) is 0. The number of methoxy groups -OCH3 is 1. The molecule has 4 aromatic rings. The molecule has 4 rings (SSSR count). The van der Waals surface area contributed by atoms with Gasteiger partial charge in [-0.3, -0.25) is 0 Å². The highest BCUT2D eigenvalue weighted by molar-refractivity contribution is 6.30. The molecule has 3 aromatic heterocycles. The van der Waals surface area contributed by atoms with E-state index in [9.17, 15) is 0 Å². The van der Waals surface area contributed by atoms with Crippen LogP contribution in [0.5, 0.6) is 5.75 Å². The van der Waals surface area contributed by atoms with E-state index >= 15 is 0 Å². The Balaban J connectivity index is 1.77. The average molecular weight is 343 g/mol. The highest BCUT2D eigenvalue weighted by atomic mass is 35.5. The lowest BCUT2D eigenvalue weighted by atomic mass is 10.2.